The molecule has 0 rings (SSSR count). The summed E-state index contributed by atoms with van der Waals surface area (Å²) in [4.78, 5) is 11.9. The number of Topliss-reactive ketones (excluding diaryl/α,β-unsaturated/α-hetero) is 1. The smallest absolute Gasteiger partial charge is 0.228 e. The molecule has 0 aliphatic rings. The van der Waals surface area contributed by atoms with E-state index >= 15 is 0 Å². The van der Waals surface area contributed by atoms with E-state index in [1.807, 2.05) is 0 Å². The lowest BCUT2D eigenvalue weighted by Gasteiger charge is -2.33. The van der Waals surface area contributed by atoms with Gasteiger partial charge >= 0.3 is 0 Å². The first-order valence-corrected chi connectivity index (χ1v) is 11.2. The summed E-state index contributed by atoms with van der Waals surface area (Å²) in [6.45, 7) is 7.30. The molecule has 0 saturated carbocycles. The average molecular weight is 371 g/mol. The molecule has 2 N–H and O–H groups in total. The molecule has 0 saturated heterocycles. The van der Waals surface area contributed by atoms with Crippen LogP contribution in [0.4, 0.5) is 0 Å². The van der Waals surface area contributed by atoms with Crippen LogP contribution < -0.4 is 0 Å². The van der Waals surface area contributed by atoms with Gasteiger partial charge in [-0.3, -0.25) is 4.79 Å². The van der Waals surface area contributed by atoms with E-state index in [1.165, 1.54) is 77.0 Å². The van der Waals surface area contributed by atoms with Gasteiger partial charge in [0.25, 0.3) is 0 Å². The Hall–Kier alpha value is -0.410. The second kappa shape index (κ2) is 14.6. The van der Waals surface area contributed by atoms with Crippen LogP contribution in [-0.4, -0.2) is 21.8 Å². The molecule has 3 heteroatoms. The first-order chi connectivity index (χ1) is 12.2. The highest BCUT2D eigenvalue weighted by Gasteiger charge is 2.44. The minimum absolute atomic E-state index is 0.266. The Morgan fingerprint density at radius 2 is 0.923 bits per heavy atom. The molecule has 3 nitrogen and oxygen atoms in total. The molecule has 0 bridgehead atoms. The fourth-order valence-electron chi connectivity index (χ4n) is 3.25. The monoisotopic (exact) mass is 370 g/mol. The summed E-state index contributed by atoms with van der Waals surface area (Å²) in [7, 11) is 0. The number of carbonyl (C=O) groups excluding carboxylic acids is 1. The molecular weight excluding hydrogens is 324 g/mol. The van der Waals surface area contributed by atoms with Gasteiger partial charge in [-0.05, 0) is 6.42 Å². The van der Waals surface area contributed by atoms with Crippen molar-refractivity contribution in [3.63, 3.8) is 0 Å². The molecule has 0 spiro atoms. The molecule has 0 aliphatic heterocycles. The van der Waals surface area contributed by atoms with E-state index in [0.29, 0.717) is 0 Å². The highest BCUT2D eigenvalue weighted by Crippen LogP contribution is 2.30. The van der Waals surface area contributed by atoms with Gasteiger partial charge in [0, 0.05) is 11.8 Å². The van der Waals surface area contributed by atoms with Crippen LogP contribution in [0, 0.1) is 5.41 Å². The molecule has 0 atom stereocenters. The normalized spacial score (nSPS) is 12.5. The van der Waals surface area contributed by atoms with Gasteiger partial charge in [-0.2, -0.15) is 0 Å². The Morgan fingerprint density at radius 1 is 0.615 bits per heavy atom. The summed E-state index contributed by atoms with van der Waals surface area (Å²) < 4.78 is 0. The van der Waals surface area contributed by atoms with Crippen LogP contribution in [0.1, 0.15) is 130 Å². The van der Waals surface area contributed by atoms with Crippen molar-refractivity contribution in [2.75, 3.05) is 0 Å². The molecule has 156 valence electrons. The van der Waals surface area contributed by atoms with Gasteiger partial charge in [-0.15, -0.1) is 0 Å². The number of hydrogen-bond donors (Lipinski definition) is 2. The fraction of sp³-hybridized carbons (Fsp3) is 0.957. The minimum atomic E-state index is -2.21. The Morgan fingerprint density at radius 3 is 1.23 bits per heavy atom. The number of unbranched alkanes of at least 4 members (excludes halogenated alkanes) is 14. The second-order valence-electron chi connectivity index (χ2n) is 9.05. The SMILES string of the molecule is CCCCCCCCCCCCCCCCCC(=O)C(O)(O)C(C)(C)C. The fourth-order valence-corrected chi connectivity index (χ4v) is 3.25. The minimum Gasteiger partial charge on any atom is -0.359 e. The number of aliphatic hydroxyl groups is 2. The summed E-state index contributed by atoms with van der Waals surface area (Å²) in [6, 6.07) is 0. The van der Waals surface area contributed by atoms with E-state index in [-0.39, 0.29) is 6.42 Å². The van der Waals surface area contributed by atoms with Gasteiger partial charge in [0.05, 0.1) is 0 Å². The van der Waals surface area contributed by atoms with Crippen LogP contribution in [0.5, 0.6) is 0 Å². The lowest BCUT2D eigenvalue weighted by atomic mass is 9.81. The van der Waals surface area contributed by atoms with Gasteiger partial charge in [0.1, 0.15) is 0 Å². The molecule has 0 unspecified atom stereocenters. The third-order valence-corrected chi connectivity index (χ3v) is 5.44. The maximum Gasteiger partial charge on any atom is 0.228 e. The number of rotatable bonds is 17. The zero-order chi connectivity index (χ0) is 19.9. The first-order valence-electron chi connectivity index (χ1n) is 11.2. The third kappa shape index (κ3) is 12.1. The molecule has 0 aromatic heterocycles. The van der Waals surface area contributed by atoms with Crippen LogP contribution in [-0.2, 0) is 4.79 Å². The third-order valence-electron chi connectivity index (χ3n) is 5.44. The average Bonchev–Trinajstić information content (AvgIpc) is 2.57. The molecule has 0 radical (unpaired) electrons. The molecule has 0 fully saturated rings. The molecule has 26 heavy (non-hydrogen) atoms. The Balaban J connectivity index is 3.38. The van der Waals surface area contributed by atoms with Crippen molar-refractivity contribution >= 4 is 5.78 Å². The first kappa shape index (κ1) is 25.6. The quantitative estimate of drug-likeness (QED) is 0.226. The Kier molecular flexibility index (Phi) is 14.4. The van der Waals surface area contributed by atoms with Gasteiger partial charge in [-0.25, -0.2) is 0 Å². The van der Waals surface area contributed by atoms with Crippen LogP contribution in [0.2, 0.25) is 0 Å². The van der Waals surface area contributed by atoms with Crippen molar-refractivity contribution in [1.29, 1.82) is 0 Å². The summed E-state index contributed by atoms with van der Waals surface area (Å²) in [6.07, 6.45) is 19.5. The molecule has 0 heterocycles. The predicted molar refractivity (Wildman–Crippen MR) is 111 cm³/mol. The van der Waals surface area contributed by atoms with E-state index in [0.717, 1.165) is 19.3 Å². The summed E-state index contributed by atoms with van der Waals surface area (Å²) in [5.41, 5.74) is -0.834. The second-order valence-corrected chi connectivity index (χ2v) is 9.05. The van der Waals surface area contributed by atoms with Crippen molar-refractivity contribution in [1.82, 2.24) is 0 Å². The van der Waals surface area contributed by atoms with Gasteiger partial charge in [-0.1, -0.05) is 118 Å². The van der Waals surface area contributed by atoms with Crippen LogP contribution in [0.15, 0.2) is 0 Å². The maximum absolute atomic E-state index is 11.9. The summed E-state index contributed by atoms with van der Waals surface area (Å²) in [5, 5.41) is 19.9. The Labute approximate surface area is 163 Å². The molecule has 0 amide bonds. The molecule has 0 aromatic rings. The number of hydrogen-bond acceptors (Lipinski definition) is 3. The standard InChI is InChI=1S/C23H46O3/c1-5-6-7-8-9-10-11-12-13-14-15-16-17-18-19-20-21(24)23(25,26)22(2,3)4/h25-26H,5-20H2,1-4H3. The van der Waals surface area contributed by atoms with E-state index < -0.39 is 17.0 Å². The molecule has 0 aromatic carbocycles. The molecule has 0 aliphatic carbocycles. The van der Waals surface area contributed by atoms with Crippen molar-refractivity contribution in [3.05, 3.63) is 0 Å². The molecular formula is C23H46O3. The number of ketones is 1. The maximum atomic E-state index is 11.9. The van der Waals surface area contributed by atoms with E-state index in [1.54, 1.807) is 20.8 Å². The Bertz CT molecular complexity index is 342. The van der Waals surface area contributed by atoms with Crippen molar-refractivity contribution in [3.8, 4) is 0 Å². The zero-order valence-electron chi connectivity index (χ0n) is 18.1. The summed E-state index contributed by atoms with van der Waals surface area (Å²) in [5.74, 6) is -2.65. The van der Waals surface area contributed by atoms with Crippen LogP contribution in [0.3, 0.4) is 0 Å². The largest absolute Gasteiger partial charge is 0.359 e. The summed E-state index contributed by atoms with van der Waals surface area (Å²) >= 11 is 0. The predicted octanol–water partition coefficient (Wildman–Crippen LogP) is 6.54. The van der Waals surface area contributed by atoms with E-state index in [9.17, 15) is 15.0 Å². The highest BCUT2D eigenvalue weighted by atomic mass is 16.5. The van der Waals surface area contributed by atoms with Crippen molar-refractivity contribution in [2.45, 2.75) is 136 Å². The van der Waals surface area contributed by atoms with Crippen molar-refractivity contribution < 1.29 is 15.0 Å². The lowest BCUT2D eigenvalue weighted by Crippen LogP contribution is -2.49. The topological polar surface area (TPSA) is 57.5 Å². The highest BCUT2D eigenvalue weighted by molar-refractivity contribution is 5.86. The lowest BCUT2D eigenvalue weighted by molar-refractivity contribution is -0.221. The van der Waals surface area contributed by atoms with E-state index in [2.05, 4.69) is 6.92 Å². The van der Waals surface area contributed by atoms with Crippen molar-refractivity contribution in [2.24, 2.45) is 5.41 Å². The number of carbonyl (C=O) groups is 1. The van der Waals surface area contributed by atoms with E-state index in [4.69, 9.17) is 0 Å². The van der Waals surface area contributed by atoms with Gasteiger partial charge in [0.15, 0.2) is 5.78 Å². The zero-order valence-corrected chi connectivity index (χ0v) is 18.1. The van der Waals surface area contributed by atoms with Gasteiger partial charge in [0.2, 0.25) is 5.79 Å². The van der Waals surface area contributed by atoms with Crippen LogP contribution in [0.25, 0.3) is 0 Å². The van der Waals surface area contributed by atoms with Crippen LogP contribution >= 0.6 is 0 Å². The van der Waals surface area contributed by atoms with Gasteiger partial charge < -0.3 is 10.2 Å².